The van der Waals surface area contributed by atoms with Gasteiger partial charge in [-0.1, -0.05) is 11.6 Å². The second-order valence-corrected chi connectivity index (χ2v) is 11.9. The van der Waals surface area contributed by atoms with Crippen LogP contribution in [0.15, 0.2) is 61.6 Å². The minimum atomic E-state index is -0.352. The predicted octanol–water partition coefficient (Wildman–Crippen LogP) is 4.04. The summed E-state index contributed by atoms with van der Waals surface area (Å²) in [6.45, 7) is 0. The largest absolute Gasteiger partial charge is 0.347 e. The van der Waals surface area contributed by atoms with Crippen molar-refractivity contribution in [3.63, 3.8) is 0 Å². The highest BCUT2D eigenvalue weighted by Gasteiger charge is 2.63. The normalized spacial score (nSPS) is 23.9. The van der Waals surface area contributed by atoms with Crippen LogP contribution < -0.4 is 10.2 Å². The van der Waals surface area contributed by atoms with Gasteiger partial charge in [0.25, 0.3) is 5.91 Å². The molecule has 4 bridgehead atoms. The molecule has 2 saturated heterocycles. The smallest absolute Gasteiger partial charge is 0.271 e. The van der Waals surface area contributed by atoms with Crippen LogP contribution in [0.25, 0.3) is 27.9 Å². The number of anilines is 1. The molecular formula is C30H25ClN10O. The van der Waals surface area contributed by atoms with E-state index in [0.717, 1.165) is 48.2 Å². The first kappa shape index (κ1) is 24.9. The number of pyridine rings is 2. The van der Waals surface area contributed by atoms with E-state index in [-0.39, 0.29) is 29.2 Å². The first-order chi connectivity index (χ1) is 20.4. The summed E-state index contributed by atoms with van der Waals surface area (Å²) in [7, 11) is 1.87. The fourth-order valence-corrected chi connectivity index (χ4v) is 7.71. The number of hydrogen-bond acceptors (Lipinski definition) is 8. The molecule has 2 aliphatic heterocycles. The SMILES string of the molecule is Cn1cc(-c2cc(-c3cnc(N4C5CC6CC4C(NC(=O)c4ncccc4Cl)(C6)C5)cn3)c3c(C#N)cnn3c2)cn1. The molecule has 2 saturated carbocycles. The van der Waals surface area contributed by atoms with Gasteiger partial charge < -0.3 is 10.2 Å². The maximum absolute atomic E-state index is 13.3. The van der Waals surface area contributed by atoms with Gasteiger partial charge in [-0.2, -0.15) is 15.5 Å². The molecule has 0 aromatic carbocycles. The van der Waals surface area contributed by atoms with Crippen LogP contribution in [-0.2, 0) is 7.05 Å². The van der Waals surface area contributed by atoms with Crippen molar-refractivity contribution in [2.75, 3.05) is 4.90 Å². The average Bonchev–Trinajstić information content (AvgIpc) is 3.72. The lowest BCUT2D eigenvalue weighted by Crippen LogP contribution is -2.53. The molecular weight excluding hydrogens is 552 g/mol. The number of piperidine rings is 1. The molecule has 4 unspecified atom stereocenters. The minimum absolute atomic E-state index is 0.119. The second kappa shape index (κ2) is 9.09. The number of carbonyl (C=O) groups excluding carboxylic acids is 1. The summed E-state index contributed by atoms with van der Waals surface area (Å²) >= 11 is 6.29. The van der Waals surface area contributed by atoms with E-state index in [0.29, 0.717) is 27.7 Å². The average molecular weight is 577 g/mol. The zero-order valence-electron chi connectivity index (χ0n) is 22.6. The first-order valence-electron chi connectivity index (χ1n) is 13.9. The van der Waals surface area contributed by atoms with E-state index in [2.05, 4.69) is 31.5 Å². The van der Waals surface area contributed by atoms with Crippen molar-refractivity contribution in [2.24, 2.45) is 13.0 Å². The van der Waals surface area contributed by atoms with Crippen molar-refractivity contribution in [3.8, 4) is 28.5 Å². The Morgan fingerprint density at radius 1 is 1.10 bits per heavy atom. The number of nitrogens with zero attached hydrogens (tertiary/aromatic N) is 9. The molecule has 42 heavy (non-hydrogen) atoms. The fourth-order valence-electron chi connectivity index (χ4n) is 7.50. The van der Waals surface area contributed by atoms with E-state index in [1.165, 1.54) is 0 Å². The van der Waals surface area contributed by atoms with Gasteiger partial charge >= 0.3 is 0 Å². The molecule has 4 atom stereocenters. The van der Waals surface area contributed by atoms with Crippen LogP contribution in [0.5, 0.6) is 0 Å². The summed E-state index contributed by atoms with van der Waals surface area (Å²) in [4.78, 5) is 29.6. The van der Waals surface area contributed by atoms with Crippen molar-refractivity contribution in [3.05, 3.63) is 77.9 Å². The molecule has 1 N–H and O–H groups in total. The molecule has 208 valence electrons. The van der Waals surface area contributed by atoms with Gasteiger partial charge in [-0.05, 0) is 49.8 Å². The number of halogens is 1. The van der Waals surface area contributed by atoms with Crippen LogP contribution in [0.1, 0.15) is 41.7 Å². The summed E-state index contributed by atoms with van der Waals surface area (Å²) in [5.74, 6) is 1.11. The van der Waals surface area contributed by atoms with Gasteiger partial charge in [-0.3, -0.25) is 14.5 Å². The number of rotatable bonds is 5. The van der Waals surface area contributed by atoms with Gasteiger partial charge in [0.2, 0.25) is 0 Å². The van der Waals surface area contributed by atoms with E-state index < -0.39 is 0 Å². The highest BCUT2D eigenvalue weighted by Crippen LogP contribution is 2.56. The number of carbonyl (C=O) groups is 1. The van der Waals surface area contributed by atoms with Gasteiger partial charge in [0.1, 0.15) is 17.6 Å². The maximum Gasteiger partial charge on any atom is 0.271 e. The van der Waals surface area contributed by atoms with Gasteiger partial charge in [0.15, 0.2) is 0 Å². The van der Waals surface area contributed by atoms with Crippen LogP contribution >= 0.6 is 11.6 Å². The van der Waals surface area contributed by atoms with E-state index >= 15 is 0 Å². The molecule has 0 spiro atoms. The molecule has 1 amide bonds. The van der Waals surface area contributed by atoms with E-state index in [1.54, 1.807) is 46.1 Å². The van der Waals surface area contributed by atoms with Crippen molar-refractivity contribution >= 4 is 28.8 Å². The summed E-state index contributed by atoms with van der Waals surface area (Å²) in [6.07, 6.45) is 16.2. The number of amides is 1. The Hall–Kier alpha value is -4.82. The molecule has 2 aliphatic carbocycles. The standard InChI is InChI=1S/C30H25ClN10O/c1-39-15-20(12-36-39)18-7-22(28-19(10-32)11-37-40(28)16-18)24-13-35-26(14-34-24)41-21-5-17-6-25(41)30(8-17,9-21)38-29(42)27-23(31)3-2-4-33-27/h2-4,7,11-17,21,25H,5-6,8-9H2,1H3,(H,38,42). The quantitative estimate of drug-likeness (QED) is 0.332. The number of hydrogen-bond donors (Lipinski definition) is 1. The number of fused-ring (bicyclic) bond motifs is 1. The van der Waals surface area contributed by atoms with Gasteiger partial charge in [0, 0.05) is 48.4 Å². The Labute approximate surface area is 245 Å². The molecule has 7 heterocycles. The second-order valence-electron chi connectivity index (χ2n) is 11.5. The van der Waals surface area contributed by atoms with Crippen LogP contribution in [0.2, 0.25) is 5.02 Å². The Bertz CT molecular complexity index is 1920. The molecule has 11 nitrogen and oxygen atoms in total. The first-order valence-corrected chi connectivity index (χ1v) is 14.2. The van der Waals surface area contributed by atoms with E-state index in [9.17, 15) is 10.1 Å². The number of aryl methyl sites for hydroxylation is 1. The summed E-state index contributed by atoms with van der Waals surface area (Å²) in [5.41, 5.74) is 4.30. The Kier molecular flexibility index (Phi) is 5.40. The lowest BCUT2D eigenvalue weighted by Gasteiger charge is -2.36. The van der Waals surface area contributed by atoms with Gasteiger partial charge in [-0.25, -0.2) is 14.5 Å². The number of nitrogens with one attached hydrogen (secondary N) is 1. The maximum atomic E-state index is 13.3. The van der Waals surface area contributed by atoms with Crippen LogP contribution in [0.3, 0.4) is 0 Å². The van der Waals surface area contributed by atoms with E-state index in [1.807, 2.05) is 31.7 Å². The molecule has 5 aromatic rings. The third-order valence-corrected chi connectivity index (χ3v) is 9.37. The van der Waals surface area contributed by atoms with Crippen LogP contribution in [0, 0.1) is 17.2 Å². The van der Waals surface area contributed by atoms with Crippen molar-refractivity contribution in [1.82, 2.24) is 39.7 Å². The van der Waals surface area contributed by atoms with Crippen molar-refractivity contribution < 1.29 is 4.79 Å². The highest BCUT2D eigenvalue weighted by molar-refractivity contribution is 6.33. The molecule has 5 aromatic heterocycles. The van der Waals surface area contributed by atoms with Crippen molar-refractivity contribution in [1.29, 1.82) is 5.26 Å². The highest BCUT2D eigenvalue weighted by atomic mass is 35.5. The molecule has 12 heteroatoms. The monoisotopic (exact) mass is 576 g/mol. The van der Waals surface area contributed by atoms with Crippen molar-refractivity contribution in [2.45, 2.75) is 43.3 Å². The summed E-state index contributed by atoms with van der Waals surface area (Å²) in [6, 6.07) is 8.05. The minimum Gasteiger partial charge on any atom is -0.347 e. The third kappa shape index (κ3) is 3.72. The lowest BCUT2D eigenvalue weighted by atomic mass is 9.82. The summed E-state index contributed by atoms with van der Waals surface area (Å²) < 4.78 is 3.46. The lowest BCUT2D eigenvalue weighted by molar-refractivity contribution is 0.0885. The Morgan fingerprint density at radius 2 is 2.00 bits per heavy atom. The predicted molar refractivity (Wildman–Crippen MR) is 155 cm³/mol. The zero-order chi connectivity index (χ0) is 28.6. The zero-order valence-corrected chi connectivity index (χ0v) is 23.4. The molecule has 0 radical (unpaired) electrons. The fraction of sp³-hybridized carbons (Fsp3) is 0.300. The topological polar surface area (TPSA) is 130 Å². The number of nitriles is 1. The van der Waals surface area contributed by atoms with Gasteiger partial charge in [0.05, 0.1) is 58.2 Å². The molecule has 4 aliphatic rings. The van der Waals surface area contributed by atoms with E-state index in [4.69, 9.17) is 21.6 Å². The van der Waals surface area contributed by atoms with Crippen LogP contribution in [-0.4, -0.2) is 57.9 Å². The third-order valence-electron chi connectivity index (χ3n) is 9.07. The summed E-state index contributed by atoms with van der Waals surface area (Å²) in [5, 5.41) is 22.2. The number of aromatic nitrogens is 7. The Morgan fingerprint density at radius 3 is 2.76 bits per heavy atom. The van der Waals surface area contributed by atoms with Gasteiger partial charge in [-0.15, -0.1) is 0 Å². The van der Waals surface area contributed by atoms with Crippen LogP contribution in [0.4, 0.5) is 5.82 Å². The molecule has 9 rings (SSSR count). The molecule has 4 fully saturated rings. The Balaban J connectivity index is 1.13.